The Balaban J connectivity index is 2.37. The number of nitrogens with one attached hydrogen (secondary N) is 1. The van der Waals surface area contributed by atoms with Crippen molar-refractivity contribution >= 4 is 21.4 Å². The molecule has 1 aromatic carbocycles. The molecule has 0 aliphatic carbocycles. The number of sulfone groups is 1. The van der Waals surface area contributed by atoms with E-state index in [4.69, 9.17) is 11.6 Å². The molecule has 0 saturated heterocycles. The lowest BCUT2D eigenvalue weighted by Crippen LogP contribution is -2.21. The number of hydrogen-bond donors (Lipinski definition) is 1. The van der Waals surface area contributed by atoms with Crippen molar-refractivity contribution in [2.75, 3.05) is 18.6 Å². The predicted octanol–water partition coefficient (Wildman–Crippen LogP) is 1.56. The van der Waals surface area contributed by atoms with Gasteiger partial charge in [0.15, 0.2) is 0 Å². The van der Waals surface area contributed by atoms with Crippen LogP contribution in [0.3, 0.4) is 0 Å². The lowest BCUT2D eigenvalue weighted by Gasteiger charge is -2.05. The quantitative estimate of drug-likeness (QED) is 0.625. The van der Waals surface area contributed by atoms with Crippen molar-refractivity contribution in [3.63, 3.8) is 0 Å². The summed E-state index contributed by atoms with van der Waals surface area (Å²) in [6.45, 7) is 1.14. The molecule has 0 aliphatic rings. The van der Waals surface area contributed by atoms with Gasteiger partial charge in [0.2, 0.25) is 0 Å². The fourth-order valence-corrected chi connectivity index (χ4v) is 1.99. The second-order valence-electron chi connectivity index (χ2n) is 3.76. The highest BCUT2D eigenvalue weighted by molar-refractivity contribution is 7.90. The third-order valence-electron chi connectivity index (χ3n) is 2.12. The molecule has 0 unspecified atom stereocenters. The van der Waals surface area contributed by atoms with Gasteiger partial charge in [-0.1, -0.05) is 24.3 Å². The monoisotopic (exact) mass is 261 g/mol. The van der Waals surface area contributed by atoms with Crippen LogP contribution in [0.2, 0.25) is 0 Å². The standard InChI is InChI=1S/C11H16ClNO2S/c1-16(14,15)6-5-13-9-11-4-2-3-10(7-11)8-12/h2-4,7,13H,5-6,8-9H2,1H3. The van der Waals surface area contributed by atoms with Gasteiger partial charge in [0.1, 0.15) is 9.84 Å². The van der Waals surface area contributed by atoms with Crippen LogP contribution in [0, 0.1) is 0 Å². The molecule has 0 aromatic heterocycles. The normalized spacial score (nSPS) is 11.6. The molecular weight excluding hydrogens is 246 g/mol. The first-order chi connectivity index (χ1) is 7.51. The molecule has 16 heavy (non-hydrogen) atoms. The van der Waals surface area contributed by atoms with Gasteiger partial charge in [0, 0.05) is 25.2 Å². The number of halogens is 1. The molecule has 0 fully saturated rings. The second-order valence-corrected chi connectivity index (χ2v) is 6.29. The summed E-state index contributed by atoms with van der Waals surface area (Å²) in [6, 6.07) is 7.92. The van der Waals surface area contributed by atoms with E-state index >= 15 is 0 Å². The Morgan fingerprint density at radius 2 is 2.00 bits per heavy atom. The van der Waals surface area contributed by atoms with Gasteiger partial charge in [0.05, 0.1) is 5.75 Å². The fraction of sp³-hybridized carbons (Fsp3) is 0.455. The van der Waals surface area contributed by atoms with E-state index in [1.165, 1.54) is 6.26 Å². The van der Waals surface area contributed by atoms with Crippen LogP contribution in [0.15, 0.2) is 24.3 Å². The highest BCUT2D eigenvalue weighted by Gasteiger charge is 2.01. The predicted molar refractivity (Wildman–Crippen MR) is 67.4 cm³/mol. The van der Waals surface area contributed by atoms with Crippen LogP contribution in [0.4, 0.5) is 0 Å². The largest absolute Gasteiger partial charge is 0.312 e. The molecule has 1 N–H and O–H groups in total. The highest BCUT2D eigenvalue weighted by atomic mass is 35.5. The molecule has 0 amide bonds. The van der Waals surface area contributed by atoms with E-state index in [2.05, 4.69) is 5.32 Å². The first kappa shape index (κ1) is 13.5. The summed E-state index contributed by atoms with van der Waals surface area (Å²) in [5.74, 6) is 0.666. The zero-order chi connectivity index (χ0) is 12.0. The first-order valence-electron chi connectivity index (χ1n) is 5.03. The van der Waals surface area contributed by atoms with Crippen LogP contribution in [-0.2, 0) is 22.3 Å². The summed E-state index contributed by atoms with van der Waals surface area (Å²) in [5.41, 5.74) is 2.19. The van der Waals surface area contributed by atoms with Gasteiger partial charge in [0.25, 0.3) is 0 Å². The van der Waals surface area contributed by atoms with E-state index in [9.17, 15) is 8.42 Å². The van der Waals surface area contributed by atoms with Crippen molar-refractivity contribution in [3.05, 3.63) is 35.4 Å². The van der Waals surface area contributed by atoms with E-state index in [1.807, 2.05) is 24.3 Å². The molecule has 0 heterocycles. The first-order valence-corrected chi connectivity index (χ1v) is 7.63. The lowest BCUT2D eigenvalue weighted by atomic mass is 10.1. The van der Waals surface area contributed by atoms with Crippen LogP contribution in [-0.4, -0.2) is 27.0 Å². The molecule has 1 aromatic rings. The van der Waals surface area contributed by atoms with E-state index in [0.29, 0.717) is 19.0 Å². The Morgan fingerprint density at radius 3 is 2.62 bits per heavy atom. The third-order valence-corrected chi connectivity index (χ3v) is 3.38. The summed E-state index contributed by atoms with van der Waals surface area (Å²) in [5, 5.41) is 3.09. The Labute approximate surface area is 102 Å². The van der Waals surface area contributed by atoms with Crippen molar-refractivity contribution in [2.45, 2.75) is 12.4 Å². The lowest BCUT2D eigenvalue weighted by molar-refractivity contribution is 0.596. The van der Waals surface area contributed by atoms with Gasteiger partial charge in [-0.05, 0) is 11.1 Å². The van der Waals surface area contributed by atoms with Gasteiger partial charge >= 0.3 is 0 Å². The van der Waals surface area contributed by atoms with Crippen molar-refractivity contribution < 1.29 is 8.42 Å². The summed E-state index contributed by atoms with van der Waals surface area (Å²) in [6.07, 6.45) is 1.24. The zero-order valence-corrected chi connectivity index (χ0v) is 10.8. The fourth-order valence-electron chi connectivity index (χ4n) is 1.31. The molecule has 0 radical (unpaired) electrons. The summed E-state index contributed by atoms with van der Waals surface area (Å²) >= 11 is 5.72. The van der Waals surface area contributed by atoms with Crippen LogP contribution < -0.4 is 5.32 Å². The molecule has 0 spiro atoms. The Hall–Kier alpha value is -0.580. The Bertz CT molecular complexity index is 431. The maximum absolute atomic E-state index is 10.9. The minimum atomic E-state index is -2.87. The molecule has 0 bridgehead atoms. The SMILES string of the molecule is CS(=O)(=O)CCNCc1cccc(CCl)c1. The van der Waals surface area contributed by atoms with Crippen molar-refractivity contribution in [1.29, 1.82) is 0 Å². The Morgan fingerprint density at radius 1 is 1.31 bits per heavy atom. The highest BCUT2D eigenvalue weighted by Crippen LogP contribution is 2.07. The molecular formula is C11H16ClNO2S. The molecule has 0 aliphatic heterocycles. The van der Waals surface area contributed by atoms with Crippen molar-refractivity contribution in [1.82, 2.24) is 5.32 Å². The van der Waals surface area contributed by atoms with Crippen LogP contribution in [0.25, 0.3) is 0 Å². The second kappa shape index (κ2) is 6.23. The van der Waals surface area contributed by atoms with E-state index in [0.717, 1.165) is 11.1 Å². The van der Waals surface area contributed by atoms with Gasteiger partial charge < -0.3 is 5.32 Å². The van der Waals surface area contributed by atoms with Gasteiger partial charge in [-0.25, -0.2) is 8.42 Å². The zero-order valence-electron chi connectivity index (χ0n) is 9.24. The van der Waals surface area contributed by atoms with E-state index in [-0.39, 0.29) is 5.75 Å². The van der Waals surface area contributed by atoms with Gasteiger partial charge in [-0.2, -0.15) is 0 Å². The van der Waals surface area contributed by atoms with Crippen molar-refractivity contribution in [3.8, 4) is 0 Å². The smallest absolute Gasteiger partial charge is 0.148 e. The minimum absolute atomic E-state index is 0.169. The number of benzene rings is 1. The maximum atomic E-state index is 10.9. The summed E-state index contributed by atoms with van der Waals surface area (Å²) < 4.78 is 21.8. The average Bonchev–Trinajstić information content (AvgIpc) is 2.23. The van der Waals surface area contributed by atoms with Gasteiger partial charge in [-0.15, -0.1) is 11.6 Å². The molecule has 1 rings (SSSR count). The van der Waals surface area contributed by atoms with E-state index in [1.54, 1.807) is 0 Å². The summed E-state index contributed by atoms with van der Waals surface area (Å²) in [4.78, 5) is 0. The average molecular weight is 262 g/mol. The third kappa shape index (κ3) is 5.49. The molecule has 0 saturated carbocycles. The molecule has 5 heteroatoms. The van der Waals surface area contributed by atoms with Crippen LogP contribution in [0.1, 0.15) is 11.1 Å². The van der Waals surface area contributed by atoms with E-state index < -0.39 is 9.84 Å². The summed E-state index contributed by atoms with van der Waals surface area (Å²) in [7, 11) is -2.87. The number of alkyl halides is 1. The number of rotatable bonds is 6. The molecule has 90 valence electrons. The minimum Gasteiger partial charge on any atom is -0.312 e. The van der Waals surface area contributed by atoms with Crippen molar-refractivity contribution in [2.24, 2.45) is 0 Å². The number of hydrogen-bond acceptors (Lipinski definition) is 3. The topological polar surface area (TPSA) is 46.2 Å². The Kier molecular flexibility index (Phi) is 5.25. The van der Waals surface area contributed by atoms with Gasteiger partial charge in [-0.3, -0.25) is 0 Å². The molecule has 3 nitrogen and oxygen atoms in total. The van der Waals surface area contributed by atoms with Crippen LogP contribution >= 0.6 is 11.6 Å². The van der Waals surface area contributed by atoms with Crippen LogP contribution in [0.5, 0.6) is 0 Å². The molecule has 0 atom stereocenters. The maximum Gasteiger partial charge on any atom is 0.148 e.